The van der Waals surface area contributed by atoms with E-state index in [0.717, 1.165) is 38.3 Å². The molecule has 1 fully saturated rings. The largest absolute Gasteiger partial charge is 0.274 e. The number of nitro benzene ring substituents is 2. The fourth-order valence-electron chi connectivity index (χ4n) is 7.02. The Bertz CT molecular complexity index is 1770. The summed E-state index contributed by atoms with van der Waals surface area (Å²) in [5.74, 6) is -4.50. The molecule has 212 valence electrons. The van der Waals surface area contributed by atoms with E-state index in [9.17, 15) is 34.6 Å². The highest BCUT2D eigenvalue weighted by Gasteiger charge is 2.63. The molecule has 0 aromatic heterocycles. The van der Waals surface area contributed by atoms with Gasteiger partial charge < -0.3 is 0 Å². The number of hydrazine groups is 1. The molecule has 4 aromatic rings. The molecule has 43 heavy (non-hydrogen) atoms. The summed E-state index contributed by atoms with van der Waals surface area (Å²) in [6.45, 7) is -0.481. The lowest BCUT2D eigenvalue weighted by Gasteiger charge is -2.45. The molecule has 2 bridgehead atoms. The quantitative estimate of drug-likeness (QED) is 0.180. The van der Waals surface area contributed by atoms with Gasteiger partial charge in [-0.05, 0) is 28.3 Å². The number of para-hydroxylation sites is 1. The number of nitro groups is 2. The van der Waals surface area contributed by atoms with Gasteiger partial charge >= 0.3 is 0 Å². The lowest BCUT2D eigenvalue weighted by atomic mass is 9.55. The van der Waals surface area contributed by atoms with Gasteiger partial charge in [0.25, 0.3) is 29.1 Å². The summed E-state index contributed by atoms with van der Waals surface area (Å²) in [5.41, 5.74) is 3.10. The summed E-state index contributed by atoms with van der Waals surface area (Å²) < 4.78 is 0. The third-order valence-corrected chi connectivity index (χ3v) is 8.71. The van der Waals surface area contributed by atoms with E-state index in [1.54, 1.807) is 6.07 Å². The second-order valence-corrected chi connectivity index (χ2v) is 10.8. The van der Waals surface area contributed by atoms with Crippen LogP contribution < -0.4 is 0 Å². The Hall–Kier alpha value is -5.71. The Morgan fingerprint density at radius 1 is 0.698 bits per heavy atom. The number of non-ortho nitro benzene ring substituents is 1. The number of amides is 3. The Labute approximate surface area is 244 Å². The molecule has 1 saturated heterocycles. The highest BCUT2D eigenvalue weighted by molar-refractivity contribution is 6.10. The zero-order chi connectivity index (χ0) is 30.0. The van der Waals surface area contributed by atoms with Crippen molar-refractivity contribution in [2.24, 2.45) is 11.8 Å². The van der Waals surface area contributed by atoms with Crippen LogP contribution in [0.25, 0.3) is 0 Å². The minimum absolute atomic E-state index is 0.0938. The van der Waals surface area contributed by atoms with E-state index in [-0.39, 0.29) is 22.5 Å². The second-order valence-electron chi connectivity index (χ2n) is 10.8. The monoisotopic (exact) mass is 574 g/mol. The molecule has 2 atom stereocenters. The lowest BCUT2D eigenvalue weighted by Crippen LogP contribution is -2.50. The zero-order valence-corrected chi connectivity index (χ0v) is 22.4. The van der Waals surface area contributed by atoms with Crippen molar-refractivity contribution in [3.63, 3.8) is 0 Å². The van der Waals surface area contributed by atoms with Gasteiger partial charge in [-0.25, -0.2) is 5.01 Å². The van der Waals surface area contributed by atoms with Gasteiger partial charge in [0.2, 0.25) is 0 Å². The molecule has 0 N–H and O–H groups in total. The molecule has 4 aromatic carbocycles. The van der Waals surface area contributed by atoms with Crippen molar-refractivity contribution >= 4 is 29.1 Å². The molecule has 1 aliphatic heterocycles. The maximum absolute atomic E-state index is 14.4. The van der Waals surface area contributed by atoms with Crippen molar-refractivity contribution in [1.29, 1.82) is 0 Å². The number of rotatable bonds is 6. The van der Waals surface area contributed by atoms with E-state index in [1.165, 1.54) is 36.4 Å². The van der Waals surface area contributed by atoms with Crippen LogP contribution in [0.3, 0.4) is 0 Å². The topological polar surface area (TPSA) is 144 Å². The van der Waals surface area contributed by atoms with Gasteiger partial charge in [-0.15, -0.1) is 0 Å². The molecule has 8 rings (SSSR count). The molecule has 4 aliphatic rings. The number of hydrogen-bond donors (Lipinski definition) is 0. The maximum atomic E-state index is 14.4. The number of nitrogens with zero attached hydrogens (tertiary/aromatic N) is 4. The molecule has 3 aliphatic carbocycles. The van der Waals surface area contributed by atoms with Gasteiger partial charge in [-0.1, -0.05) is 72.8 Å². The first kappa shape index (κ1) is 26.2. The first-order valence-corrected chi connectivity index (χ1v) is 13.6. The first-order chi connectivity index (χ1) is 20.8. The SMILES string of the molecule is O=C(c1cccc([N+](=O)[O-])c1)N(Cc1ccccc1[N+](=O)[O-])N1C(=O)[C@H]2C3c4ccccc4C(c4ccccc43)[C@@H]2C1=O. The van der Waals surface area contributed by atoms with Crippen molar-refractivity contribution in [3.8, 4) is 0 Å². The van der Waals surface area contributed by atoms with E-state index >= 15 is 0 Å². The van der Waals surface area contributed by atoms with Gasteiger partial charge in [-0.3, -0.25) is 34.6 Å². The predicted octanol–water partition coefficient (Wildman–Crippen LogP) is 4.95. The van der Waals surface area contributed by atoms with Crippen LogP contribution in [0.4, 0.5) is 11.4 Å². The summed E-state index contributed by atoms with van der Waals surface area (Å²) in [5, 5.41) is 25.0. The molecule has 3 amide bonds. The van der Waals surface area contributed by atoms with Crippen LogP contribution in [0.15, 0.2) is 97.1 Å². The Morgan fingerprint density at radius 3 is 1.72 bits per heavy atom. The van der Waals surface area contributed by atoms with E-state index < -0.39 is 57.8 Å². The maximum Gasteiger partial charge on any atom is 0.274 e. The summed E-state index contributed by atoms with van der Waals surface area (Å²) in [7, 11) is 0. The molecule has 0 radical (unpaired) electrons. The second kappa shape index (κ2) is 9.69. The number of carbonyl (C=O) groups is 3. The molecule has 11 heteroatoms. The Kier molecular flexibility index (Phi) is 5.91. The highest BCUT2D eigenvalue weighted by atomic mass is 16.6. The Balaban J connectivity index is 1.37. The number of imide groups is 1. The predicted molar refractivity (Wildman–Crippen MR) is 151 cm³/mol. The number of hydrogen-bond acceptors (Lipinski definition) is 7. The molecule has 1 heterocycles. The van der Waals surface area contributed by atoms with Gasteiger partial charge in [-0.2, -0.15) is 5.01 Å². The smallest absolute Gasteiger partial charge is 0.272 e. The summed E-state index contributed by atoms with van der Waals surface area (Å²) in [6, 6.07) is 26.1. The molecular formula is C32H22N4O7. The van der Waals surface area contributed by atoms with Gasteiger partial charge in [0.05, 0.1) is 33.8 Å². The van der Waals surface area contributed by atoms with Gasteiger partial charge in [0.15, 0.2) is 0 Å². The minimum Gasteiger partial charge on any atom is -0.272 e. The molecule has 0 saturated carbocycles. The molecular weight excluding hydrogens is 552 g/mol. The van der Waals surface area contributed by atoms with Crippen LogP contribution in [0.2, 0.25) is 0 Å². The average Bonchev–Trinajstić information content (AvgIpc) is 3.29. The van der Waals surface area contributed by atoms with Crippen LogP contribution >= 0.6 is 0 Å². The fourth-order valence-corrected chi connectivity index (χ4v) is 7.02. The molecule has 0 unspecified atom stereocenters. The van der Waals surface area contributed by atoms with Crippen LogP contribution in [-0.4, -0.2) is 37.6 Å². The van der Waals surface area contributed by atoms with Crippen molar-refractivity contribution in [3.05, 3.63) is 151 Å². The van der Waals surface area contributed by atoms with Crippen molar-refractivity contribution in [1.82, 2.24) is 10.0 Å². The highest BCUT2D eigenvalue weighted by Crippen LogP contribution is 2.61. The van der Waals surface area contributed by atoms with Gasteiger partial charge in [0.1, 0.15) is 0 Å². The zero-order valence-electron chi connectivity index (χ0n) is 22.4. The first-order valence-electron chi connectivity index (χ1n) is 13.6. The summed E-state index contributed by atoms with van der Waals surface area (Å²) in [4.78, 5) is 64.9. The third kappa shape index (κ3) is 3.85. The third-order valence-electron chi connectivity index (χ3n) is 8.71. The minimum atomic E-state index is -0.871. The summed E-state index contributed by atoms with van der Waals surface area (Å²) >= 11 is 0. The van der Waals surface area contributed by atoms with E-state index in [2.05, 4.69) is 0 Å². The van der Waals surface area contributed by atoms with Crippen molar-refractivity contribution in [2.75, 3.05) is 0 Å². The van der Waals surface area contributed by atoms with Gasteiger partial charge in [0, 0.05) is 35.6 Å². The lowest BCUT2D eigenvalue weighted by molar-refractivity contribution is -0.385. The standard InChI is InChI=1S/C32H22N4O7/c37-30(18-9-7-10-20(16-18)35(40)41)33(17-19-8-1-6-15-25(19)36(42)43)34-31(38)28-26-21-11-2-3-12-22(21)27(29(28)32(34)39)24-14-5-4-13-23(24)26/h1-16,26-29H,17H2/t26?,27?,28-,29-/m0/s1. The van der Waals surface area contributed by atoms with Crippen LogP contribution in [0.5, 0.6) is 0 Å². The van der Waals surface area contributed by atoms with E-state index in [4.69, 9.17) is 0 Å². The van der Waals surface area contributed by atoms with E-state index in [1.807, 2.05) is 48.5 Å². The number of benzene rings is 4. The molecule has 11 nitrogen and oxygen atoms in total. The molecule has 0 spiro atoms. The van der Waals surface area contributed by atoms with Crippen LogP contribution in [-0.2, 0) is 16.1 Å². The van der Waals surface area contributed by atoms with E-state index in [0.29, 0.717) is 0 Å². The normalized spacial score (nSPS) is 21.2. The van der Waals surface area contributed by atoms with Crippen LogP contribution in [0, 0.1) is 32.1 Å². The van der Waals surface area contributed by atoms with Crippen LogP contribution in [0.1, 0.15) is 50.0 Å². The summed E-state index contributed by atoms with van der Waals surface area (Å²) in [6.07, 6.45) is 0. The fraction of sp³-hybridized carbons (Fsp3) is 0.156. The number of carbonyl (C=O) groups excluding carboxylic acids is 3. The Morgan fingerprint density at radius 2 is 1.21 bits per heavy atom. The van der Waals surface area contributed by atoms with Crippen molar-refractivity contribution < 1.29 is 24.2 Å². The van der Waals surface area contributed by atoms with Crippen molar-refractivity contribution in [2.45, 2.75) is 18.4 Å². The average molecular weight is 575 g/mol.